The van der Waals surface area contributed by atoms with Gasteiger partial charge in [-0.3, -0.25) is 0 Å². The summed E-state index contributed by atoms with van der Waals surface area (Å²) in [6, 6.07) is 0. The van der Waals surface area contributed by atoms with Crippen LogP contribution in [-0.2, 0) is 4.74 Å². The van der Waals surface area contributed by atoms with E-state index in [1.165, 1.54) is 0 Å². The van der Waals surface area contributed by atoms with Crippen molar-refractivity contribution in [1.29, 1.82) is 0 Å². The maximum atomic E-state index is 5.15. The first kappa shape index (κ1) is 10.3. The Bertz CT molecular complexity index is 238. The molecular formula is C11H12O. The summed E-state index contributed by atoms with van der Waals surface area (Å²) in [5.41, 5.74) is 0. The Morgan fingerprint density at radius 2 is 2.17 bits per heavy atom. The van der Waals surface area contributed by atoms with Crippen LogP contribution in [0.5, 0.6) is 0 Å². The van der Waals surface area contributed by atoms with Gasteiger partial charge in [-0.1, -0.05) is 37.3 Å². The quantitative estimate of drug-likeness (QED) is 0.341. The van der Waals surface area contributed by atoms with E-state index in [2.05, 4.69) is 19.1 Å². The van der Waals surface area contributed by atoms with Crippen molar-refractivity contribution in [1.82, 2.24) is 0 Å². The Morgan fingerprint density at radius 1 is 1.42 bits per heavy atom. The van der Waals surface area contributed by atoms with Gasteiger partial charge in [0, 0.05) is 0 Å². The van der Waals surface area contributed by atoms with Crippen LogP contribution in [0.4, 0.5) is 0 Å². The molecule has 12 heavy (non-hydrogen) atoms. The number of terminal acetylenes is 1. The van der Waals surface area contributed by atoms with Gasteiger partial charge in [-0.25, -0.2) is 0 Å². The standard InChI is InChI=1S/C11H12O/c1-4-7-9-11(8-5-2)12-10-6-3/h3-5,7-9H,1-2,10H2/b9-7-,11-8+. The van der Waals surface area contributed by atoms with Crippen LogP contribution < -0.4 is 0 Å². The molecule has 62 valence electrons. The highest BCUT2D eigenvalue weighted by atomic mass is 16.5. The third-order valence-corrected chi connectivity index (χ3v) is 1.00. The second-order valence-corrected chi connectivity index (χ2v) is 1.89. The normalized spacial score (nSPS) is 10.8. The van der Waals surface area contributed by atoms with Crippen LogP contribution in [-0.4, -0.2) is 6.61 Å². The first-order valence-electron chi connectivity index (χ1n) is 3.53. The van der Waals surface area contributed by atoms with Crippen molar-refractivity contribution in [3.63, 3.8) is 0 Å². The fourth-order valence-electron chi connectivity index (χ4n) is 0.556. The fourth-order valence-corrected chi connectivity index (χ4v) is 0.556. The summed E-state index contributed by atoms with van der Waals surface area (Å²) in [6.07, 6.45) is 13.6. The molecule has 0 fully saturated rings. The monoisotopic (exact) mass is 160 g/mol. The zero-order chi connectivity index (χ0) is 9.23. The van der Waals surface area contributed by atoms with E-state index in [0.29, 0.717) is 5.76 Å². The molecule has 0 unspecified atom stereocenters. The molecule has 0 aliphatic rings. The predicted molar refractivity (Wildman–Crippen MR) is 52.4 cm³/mol. The second kappa shape index (κ2) is 7.43. The van der Waals surface area contributed by atoms with Gasteiger partial charge in [0.15, 0.2) is 0 Å². The molecule has 0 bridgehead atoms. The molecule has 0 amide bonds. The van der Waals surface area contributed by atoms with E-state index in [1.54, 1.807) is 30.4 Å². The van der Waals surface area contributed by atoms with Gasteiger partial charge < -0.3 is 4.74 Å². The van der Waals surface area contributed by atoms with Crippen molar-refractivity contribution >= 4 is 0 Å². The van der Waals surface area contributed by atoms with Gasteiger partial charge in [-0.05, 0) is 12.2 Å². The molecule has 0 aliphatic carbocycles. The van der Waals surface area contributed by atoms with E-state index in [-0.39, 0.29) is 6.61 Å². The molecule has 0 heterocycles. The molecule has 0 aliphatic heterocycles. The van der Waals surface area contributed by atoms with E-state index < -0.39 is 0 Å². The number of allylic oxidation sites excluding steroid dienone is 5. The molecule has 0 saturated heterocycles. The maximum Gasteiger partial charge on any atom is 0.148 e. The Kier molecular flexibility index (Phi) is 6.39. The Labute approximate surface area is 73.7 Å². The molecule has 0 spiro atoms. The molecule has 0 aromatic rings. The predicted octanol–water partition coefficient (Wildman–Crippen LogP) is 2.45. The summed E-state index contributed by atoms with van der Waals surface area (Å²) in [5.74, 6) is 3.06. The van der Waals surface area contributed by atoms with E-state index in [9.17, 15) is 0 Å². The van der Waals surface area contributed by atoms with Gasteiger partial charge in [0.2, 0.25) is 0 Å². The lowest BCUT2D eigenvalue weighted by molar-refractivity contribution is 0.268. The summed E-state index contributed by atoms with van der Waals surface area (Å²) in [5, 5.41) is 0. The van der Waals surface area contributed by atoms with Crippen molar-refractivity contribution < 1.29 is 4.74 Å². The van der Waals surface area contributed by atoms with Crippen LogP contribution in [0.3, 0.4) is 0 Å². The van der Waals surface area contributed by atoms with Crippen molar-refractivity contribution in [2.75, 3.05) is 6.61 Å². The highest BCUT2D eigenvalue weighted by Crippen LogP contribution is 1.99. The fraction of sp³-hybridized carbons (Fsp3) is 0.0909. The summed E-state index contributed by atoms with van der Waals surface area (Å²) in [7, 11) is 0. The van der Waals surface area contributed by atoms with Gasteiger partial charge in [-0.2, -0.15) is 0 Å². The number of hydrogen-bond donors (Lipinski definition) is 0. The SMILES string of the molecule is C#CCOC(/C=C\C=C)=C/C=C. The molecule has 0 saturated carbocycles. The minimum Gasteiger partial charge on any atom is -0.481 e. The van der Waals surface area contributed by atoms with Crippen LogP contribution in [0, 0.1) is 12.3 Å². The number of ether oxygens (including phenoxy) is 1. The summed E-state index contributed by atoms with van der Waals surface area (Å²) >= 11 is 0. The Balaban J connectivity index is 4.15. The zero-order valence-corrected chi connectivity index (χ0v) is 6.99. The molecule has 0 rings (SSSR count). The zero-order valence-electron chi connectivity index (χ0n) is 6.99. The van der Waals surface area contributed by atoms with Crippen molar-refractivity contribution in [3.8, 4) is 12.3 Å². The lowest BCUT2D eigenvalue weighted by Crippen LogP contribution is -1.88. The Morgan fingerprint density at radius 3 is 2.67 bits per heavy atom. The summed E-state index contributed by atoms with van der Waals surface area (Å²) in [4.78, 5) is 0. The van der Waals surface area contributed by atoms with Crippen molar-refractivity contribution in [3.05, 3.63) is 49.3 Å². The van der Waals surface area contributed by atoms with E-state index in [4.69, 9.17) is 11.2 Å². The van der Waals surface area contributed by atoms with Gasteiger partial charge in [0.25, 0.3) is 0 Å². The molecule has 0 atom stereocenters. The van der Waals surface area contributed by atoms with Crippen molar-refractivity contribution in [2.24, 2.45) is 0 Å². The van der Waals surface area contributed by atoms with Crippen LogP contribution >= 0.6 is 0 Å². The molecule has 0 aromatic heterocycles. The minimum atomic E-state index is 0.265. The van der Waals surface area contributed by atoms with E-state index in [1.807, 2.05) is 0 Å². The largest absolute Gasteiger partial charge is 0.481 e. The first-order chi connectivity index (χ1) is 5.85. The maximum absolute atomic E-state index is 5.15. The third kappa shape index (κ3) is 5.13. The van der Waals surface area contributed by atoms with Crippen LogP contribution in [0.2, 0.25) is 0 Å². The van der Waals surface area contributed by atoms with E-state index >= 15 is 0 Å². The van der Waals surface area contributed by atoms with Crippen molar-refractivity contribution in [2.45, 2.75) is 0 Å². The van der Waals surface area contributed by atoms with Gasteiger partial charge in [0.05, 0.1) is 0 Å². The first-order valence-corrected chi connectivity index (χ1v) is 3.53. The van der Waals surface area contributed by atoms with E-state index in [0.717, 1.165) is 0 Å². The second-order valence-electron chi connectivity index (χ2n) is 1.89. The van der Waals surface area contributed by atoms with Gasteiger partial charge in [-0.15, -0.1) is 6.42 Å². The highest BCUT2D eigenvalue weighted by Gasteiger charge is 1.86. The minimum absolute atomic E-state index is 0.265. The topological polar surface area (TPSA) is 9.23 Å². The molecule has 0 aromatic carbocycles. The Hall–Kier alpha value is -1.68. The molecule has 0 radical (unpaired) electrons. The lowest BCUT2D eigenvalue weighted by Gasteiger charge is -2.00. The van der Waals surface area contributed by atoms with Crippen LogP contribution in [0.15, 0.2) is 49.3 Å². The summed E-state index contributed by atoms with van der Waals surface area (Å²) in [6.45, 7) is 7.35. The average molecular weight is 160 g/mol. The molecular weight excluding hydrogens is 148 g/mol. The highest BCUT2D eigenvalue weighted by molar-refractivity contribution is 5.20. The lowest BCUT2D eigenvalue weighted by atomic mass is 10.4. The molecule has 0 N–H and O–H groups in total. The third-order valence-electron chi connectivity index (χ3n) is 1.00. The molecule has 1 nitrogen and oxygen atoms in total. The van der Waals surface area contributed by atoms with Gasteiger partial charge >= 0.3 is 0 Å². The molecule has 1 heteroatoms. The average Bonchev–Trinajstić information content (AvgIpc) is 2.10. The summed E-state index contributed by atoms with van der Waals surface area (Å²) < 4.78 is 5.15. The van der Waals surface area contributed by atoms with Gasteiger partial charge in [0.1, 0.15) is 12.4 Å². The number of hydrogen-bond acceptors (Lipinski definition) is 1. The number of rotatable bonds is 5. The van der Waals surface area contributed by atoms with Crippen LogP contribution in [0.25, 0.3) is 0 Å². The van der Waals surface area contributed by atoms with Crippen LogP contribution in [0.1, 0.15) is 0 Å². The smallest absolute Gasteiger partial charge is 0.148 e.